The number of hydrogen-bond donors (Lipinski definition) is 2. The molecule has 1 amide bonds. The lowest BCUT2D eigenvalue weighted by Gasteiger charge is -2.18. The molecule has 0 atom stereocenters. The average molecular weight is 313 g/mol. The summed E-state index contributed by atoms with van der Waals surface area (Å²) < 4.78 is 0. The second-order valence-corrected chi connectivity index (χ2v) is 6.51. The molecule has 0 radical (unpaired) electrons. The molecule has 2 aliphatic carbocycles. The summed E-state index contributed by atoms with van der Waals surface area (Å²) in [5.74, 6) is 1.45. The van der Waals surface area contributed by atoms with Gasteiger partial charge >= 0.3 is 0 Å². The van der Waals surface area contributed by atoms with Crippen LogP contribution in [0.1, 0.15) is 25.7 Å². The molecule has 108 valence electrons. The Morgan fingerprint density at radius 1 is 1.20 bits per heavy atom. The van der Waals surface area contributed by atoms with Gasteiger partial charge in [-0.05, 0) is 49.7 Å². The first-order chi connectivity index (χ1) is 9.65. The lowest BCUT2D eigenvalue weighted by molar-refractivity contribution is -0.120. The van der Waals surface area contributed by atoms with E-state index in [-0.39, 0.29) is 12.5 Å². The SMILES string of the molecule is O=C(CNc1cccc(Cl)c1Cl)NC(C1CC1)C1CC1. The molecule has 0 heterocycles. The summed E-state index contributed by atoms with van der Waals surface area (Å²) in [6.07, 6.45) is 5.04. The Hall–Kier alpha value is -0.930. The highest BCUT2D eigenvalue weighted by Crippen LogP contribution is 2.44. The number of amides is 1. The molecule has 0 aliphatic heterocycles. The van der Waals surface area contributed by atoms with Crippen LogP contribution in [0.4, 0.5) is 5.69 Å². The van der Waals surface area contributed by atoms with Crippen LogP contribution in [-0.2, 0) is 4.79 Å². The summed E-state index contributed by atoms with van der Waals surface area (Å²) in [5, 5.41) is 7.17. The fourth-order valence-electron chi connectivity index (χ4n) is 2.58. The van der Waals surface area contributed by atoms with Crippen LogP contribution >= 0.6 is 23.2 Å². The van der Waals surface area contributed by atoms with Crippen molar-refractivity contribution in [3.63, 3.8) is 0 Å². The van der Waals surface area contributed by atoms with Crippen LogP contribution in [0.5, 0.6) is 0 Å². The van der Waals surface area contributed by atoms with Crippen LogP contribution in [0, 0.1) is 11.8 Å². The summed E-state index contributed by atoms with van der Waals surface area (Å²) in [6.45, 7) is 0.232. The highest BCUT2D eigenvalue weighted by Gasteiger charge is 2.42. The molecule has 0 spiro atoms. The van der Waals surface area contributed by atoms with E-state index in [1.807, 2.05) is 12.1 Å². The first-order valence-electron chi connectivity index (χ1n) is 7.12. The summed E-state index contributed by atoms with van der Waals surface area (Å²) in [6, 6.07) is 5.75. The molecule has 20 heavy (non-hydrogen) atoms. The van der Waals surface area contributed by atoms with Gasteiger partial charge in [-0.25, -0.2) is 0 Å². The summed E-state index contributed by atoms with van der Waals surface area (Å²) in [4.78, 5) is 12.0. The maximum Gasteiger partial charge on any atom is 0.239 e. The van der Waals surface area contributed by atoms with Gasteiger partial charge in [-0.3, -0.25) is 4.79 Å². The number of nitrogens with one attached hydrogen (secondary N) is 2. The summed E-state index contributed by atoms with van der Waals surface area (Å²) in [7, 11) is 0. The molecular weight excluding hydrogens is 295 g/mol. The predicted octanol–water partition coefficient (Wildman–Crippen LogP) is 3.71. The van der Waals surface area contributed by atoms with Crippen molar-refractivity contribution in [1.29, 1.82) is 0 Å². The lowest BCUT2D eigenvalue weighted by Crippen LogP contribution is -2.41. The van der Waals surface area contributed by atoms with Gasteiger partial charge in [-0.1, -0.05) is 29.3 Å². The number of hydrogen-bond acceptors (Lipinski definition) is 2. The standard InChI is InChI=1S/C15H18Cl2N2O/c16-11-2-1-3-12(14(11)17)18-8-13(20)19-15(9-4-5-9)10-6-7-10/h1-3,9-10,15,18H,4-8H2,(H,19,20). The normalized spacial score (nSPS) is 18.1. The fourth-order valence-corrected chi connectivity index (χ4v) is 2.95. The van der Waals surface area contributed by atoms with Crippen molar-refractivity contribution in [1.82, 2.24) is 5.32 Å². The number of benzene rings is 1. The van der Waals surface area contributed by atoms with Gasteiger partial charge in [0, 0.05) is 6.04 Å². The van der Waals surface area contributed by atoms with E-state index in [0.29, 0.717) is 33.6 Å². The van der Waals surface area contributed by atoms with Crippen molar-refractivity contribution < 1.29 is 4.79 Å². The molecular formula is C15H18Cl2N2O. The highest BCUT2D eigenvalue weighted by atomic mass is 35.5. The predicted molar refractivity (Wildman–Crippen MR) is 82.3 cm³/mol. The second-order valence-electron chi connectivity index (χ2n) is 5.72. The van der Waals surface area contributed by atoms with E-state index in [4.69, 9.17) is 23.2 Å². The molecule has 2 fully saturated rings. The molecule has 3 nitrogen and oxygen atoms in total. The molecule has 0 unspecified atom stereocenters. The zero-order valence-corrected chi connectivity index (χ0v) is 12.7. The summed E-state index contributed by atoms with van der Waals surface area (Å²) in [5.41, 5.74) is 0.698. The molecule has 0 saturated heterocycles. The van der Waals surface area contributed by atoms with E-state index in [9.17, 15) is 4.79 Å². The van der Waals surface area contributed by atoms with Gasteiger partial charge in [0.1, 0.15) is 0 Å². The highest BCUT2D eigenvalue weighted by molar-refractivity contribution is 6.43. The maximum atomic E-state index is 12.0. The van der Waals surface area contributed by atoms with E-state index in [0.717, 1.165) is 0 Å². The Morgan fingerprint density at radius 2 is 1.85 bits per heavy atom. The number of rotatable bonds is 6. The van der Waals surface area contributed by atoms with E-state index in [2.05, 4.69) is 10.6 Å². The van der Waals surface area contributed by atoms with Gasteiger partial charge in [0.05, 0.1) is 22.3 Å². The van der Waals surface area contributed by atoms with Gasteiger partial charge in [-0.2, -0.15) is 0 Å². The van der Waals surface area contributed by atoms with Crippen molar-refractivity contribution in [2.24, 2.45) is 11.8 Å². The molecule has 2 saturated carbocycles. The first-order valence-corrected chi connectivity index (χ1v) is 7.88. The van der Waals surface area contributed by atoms with Crippen LogP contribution < -0.4 is 10.6 Å². The minimum absolute atomic E-state index is 0.0323. The van der Waals surface area contributed by atoms with Gasteiger partial charge in [-0.15, -0.1) is 0 Å². The molecule has 1 aromatic carbocycles. The zero-order chi connectivity index (χ0) is 14.1. The smallest absolute Gasteiger partial charge is 0.239 e. The van der Waals surface area contributed by atoms with E-state index in [1.54, 1.807) is 6.07 Å². The third-order valence-electron chi connectivity index (χ3n) is 3.98. The second kappa shape index (κ2) is 5.82. The quantitative estimate of drug-likeness (QED) is 0.840. The van der Waals surface area contributed by atoms with Crippen molar-refractivity contribution in [3.8, 4) is 0 Å². The average Bonchev–Trinajstić information content (AvgIpc) is 3.28. The molecule has 0 bridgehead atoms. The van der Waals surface area contributed by atoms with Crippen LogP contribution in [0.3, 0.4) is 0 Å². The summed E-state index contributed by atoms with van der Waals surface area (Å²) >= 11 is 12.0. The lowest BCUT2D eigenvalue weighted by atomic mass is 10.1. The molecule has 2 N–H and O–H groups in total. The van der Waals surface area contributed by atoms with Crippen LogP contribution in [0.15, 0.2) is 18.2 Å². The number of carbonyl (C=O) groups is 1. The molecule has 1 aromatic rings. The van der Waals surface area contributed by atoms with Crippen molar-refractivity contribution in [2.75, 3.05) is 11.9 Å². The minimum atomic E-state index is 0.0323. The van der Waals surface area contributed by atoms with Gasteiger partial charge in [0.25, 0.3) is 0 Å². The third-order valence-corrected chi connectivity index (χ3v) is 4.80. The molecule has 3 rings (SSSR count). The Kier molecular flexibility index (Phi) is 4.08. The van der Waals surface area contributed by atoms with Crippen molar-refractivity contribution >= 4 is 34.8 Å². The molecule has 5 heteroatoms. The Labute approximate surface area is 129 Å². The number of carbonyl (C=O) groups excluding carboxylic acids is 1. The number of anilines is 1. The third kappa shape index (κ3) is 3.39. The van der Waals surface area contributed by atoms with Crippen LogP contribution in [0.2, 0.25) is 10.0 Å². The number of halogens is 2. The van der Waals surface area contributed by atoms with E-state index in [1.165, 1.54) is 25.7 Å². The van der Waals surface area contributed by atoms with Gasteiger partial charge in [0.15, 0.2) is 0 Å². The molecule has 2 aliphatic rings. The minimum Gasteiger partial charge on any atom is -0.375 e. The Morgan fingerprint density at radius 3 is 2.45 bits per heavy atom. The van der Waals surface area contributed by atoms with E-state index >= 15 is 0 Å². The van der Waals surface area contributed by atoms with Gasteiger partial charge < -0.3 is 10.6 Å². The largest absolute Gasteiger partial charge is 0.375 e. The molecule has 0 aromatic heterocycles. The van der Waals surface area contributed by atoms with E-state index < -0.39 is 0 Å². The van der Waals surface area contributed by atoms with Gasteiger partial charge in [0.2, 0.25) is 5.91 Å². The fraction of sp³-hybridized carbons (Fsp3) is 0.533. The first kappa shape index (κ1) is 14.0. The van der Waals surface area contributed by atoms with Crippen molar-refractivity contribution in [3.05, 3.63) is 28.2 Å². The maximum absolute atomic E-state index is 12.0. The monoisotopic (exact) mass is 312 g/mol. The zero-order valence-electron chi connectivity index (χ0n) is 11.2. The topological polar surface area (TPSA) is 41.1 Å². The van der Waals surface area contributed by atoms with Crippen molar-refractivity contribution in [2.45, 2.75) is 31.7 Å². The van der Waals surface area contributed by atoms with Crippen LogP contribution in [0.25, 0.3) is 0 Å². The Balaban J connectivity index is 1.52. The Bertz CT molecular complexity index is 501. The van der Waals surface area contributed by atoms with Crippen LogP contribution in [-0.4, -0.2) is 18.5 Å².